The molecule has 1 N–H and O–H groups in total. The van der Waals surface area contributed by atoms with Crippen LogP contribution in [-0.4, -0.2) is 41.9 Å². The van der Waals surface area contributed by atoms with Gasteiger partial charge in [-0.25, -0.2) is 4.98 Å². The van der Waals surface area contributed by atoms with Crippen LogP contribution in [0.5, 0.6) is 11.5 Å². The van der Waals surface area contributed by atoms with Crippen LogP contribution in [0, 0.1) is 6.92 Å². The van der Waals surface area contributed by atoms with E-state index in [0.717, 1.165) is 17.2 Å². The number of nitrogens with one attached hydrogen (secondary N) is 1. The number of carbonyl (C=O) groups excluding carboxylic acids is 2. The third-order valence-electron chi connectivity index (χ3n) is 4.88. The highest BCUT2D eigenvalue weighted by molar-refractivity contribution is 7.09. The van der Waals surface area contributed by atoms with E-state index in [-0.39, 0.29) is 24.8 Å². The van der Waals surface area contributed by atoms with E-state index in [1.807, 2.05) is 55.6 Å². The van der Waals surface area contributed by atoms with E-state index in [2.05, 4.69) is 10.3 Å². The molecule has 0 bridgehead atoms. The topological polar surface area (TPSA) is 80.8 Å². The quantitative estimate of drug-likeness (QED) is 0.450. The van der Waals surface area contributed by atoms with E-state index in [9.17, 15) is 9.59 Å². The van der Waals surface area contributed by atoms with Crippen molar-refractivity contribution in [1.82, 2.24) is 9.88 Å². The number of carbonyl (C=O) groups is 2. The lowest BCUT2D eigenvalue weighted by molar-refractivity contribution is -0.134. The normalized spacial score (nSPS) is 10.5. The molecule has 0 saturated heterocycles. The van der Waals surface area contributed by atoms with Crippen LogP contribution in [0.3, 0.4) is 0 Å². The summed E-state index contributed by atoms with van der Waals surface area (Å²) in [5.41, 5.74) is 2.43. The van der Waals surface area contributed by atoms with Gasteiger partial charge in [-0.15, -0.1) is 11.3 Å². The summed E-state index contributed by atoms with van der Waals surface area (Å²) in [5, 5.41) is 5.49. The summed E-state index contributed by atoms with van der Waals surface area (Å²) in [4.78, 5) is 31.6. The van der Waals surface area contributed by atoms with Crippen LogP contribution >= 0.6 is 11.3 Å². The number of benzene rings is 2. The molecule has 7 nitrogen and oxygen atoms in total. The Balaban J connectivity index is 1.55. The molecule has 0 spiro atoms. The number of aryl methyl sites for hydroxylation is 1. The molecule has 33 heavy (non-hydrogen) atoms. The van der Waals surface area contributed by atoms with Crippen molar-refractivity contribution in [3.8, 4) is 11.5 Å². The van der Waals surface area contributed by atoms with Gasteiger partial charge in [0.15, 0.2) is 0 Å². The number of ether oxygens (including phenoxy) is 2. The van der Waals surface area contributed by atoms with Gasteiger partial charge in [-0.05, 0) is 37.6 Å². The zero-order chi connectivity index (χ0) is 23.6. The fourth-order valence-electron chi connectivity index (χ4n) is 3.22. The first-order chi connectivity index (χ1) is 16.0. The van der Waals surface area contributed by atoms with Crippen molar-refractivity contribution in [2.45, 2.75) is 33.3 Å². The number of amides is 2. The molecule has 0 aliphatic heterocycles. The third kappa shape index (κ3) is 7.32. The molecule has 0 saturated carbocycles. The van der Waals surface area contributed by atoms with Gasteiger partial charge in [0, 0.05) is 11.9 Å². The van der Waals surface area contributed by atoms with Crippen LogP contribution < -0.4 is 14.8 Å². The molecule has 0 fully saturated rings. The first-order valence-corrected chi connectivity index (χ1v) is 11.7. The summed E-state index contributed by atoms with van der Waals surface area (Å²) in [7, 11) is 1.55. The van der Waals surface area contributed by atoms with Gasteiger partial charge in [-0.3, -0.25) is 9.59 Å². The number of rotatable bonds is 11. The Labute approximate surface area is 198 Å². The first kappa shape index (κ1) is 24.3. The number of anilines is 1. The Morgan fingerprint density at radius 2 is 1.88 bits per heavy atom. The van der Waals surface area contributed by atoms with Crippen molar-refractivity contribution in [2.75, 3.05) is 25.5 Å². The molecule has 0 unspecified atom stereocenters. The molecule has 3 aromatic rings. The molecule has 3 rings (SSSR count). The molecule has 8 heteroatoms. The highest BCUT2D eigenvalue weighted by Crippen LogP contribution is 2.23. The second-order valence-corrected chi connectivity index (χ2v) is 8.52. The molecule has 1 aromatic heterocycles. The fourth-order valence-corrected chi connectivity index (χ4v) is 3.92. The van der Waals surface area contributed by atoms with Crippen LogP contribution in [-0.2, 0) is 22.6 Å². The van der Waals surface area contributed by atoms with Gasteiger partial charge in [-0.1, -0.05) is 36.8 Å². The molecule has 2 aromatic carbocycles. The molecule has 0 aliphatic rings. The summed E-state index contributed by atoms with van der Waals surface area (Å²) in [6.07, 6.45) is 0.892. The average molecular weight is 468 g/mol. The summed E-state index contributed by atoms with van der Waals surface area (Å²) >= 11 is 1.46. The lowest BCUT2D eigenvalue weighted by Crippen LogP contribution is -2.39. The van der Waals surface area contributed by atoms with Gasteiger partial charge in [-0.2, -0.15) is 0 Å². The van der Waals surface area contributed by atoms with Crippen molar-refractivity contribution in [3.63, 3.8) is 0 Å². The maximum absolute atomic E-state index is 12.9. The number of nitrogens with zero attached hydrogens (tertiary/aromatic N) is 2. The summed E-state index contributed by atoms with van der Waals surface area (Å²) < 4.78 is 11.0. The minimum absolute atomic E-state index is 0.0295. The fraction of sp³-hybridized carbons (Fsp3) is 0.320. The van der Waals surface area contributed by atoms with E-state index < -0.39 is 0 Å². The second kappa shape index (κ2) is 12.0. The van der Waals surface area contributed by atoms with Crippen molar-refractivity contribution in [3.05, 3.63) is 70.2 Å². The molecular weight excluding hydrogens is 438 g/mol. The lowest BCUT2D eigenvalue weighted by atomic mass is 10.2. The average Bonchev–Trinajstić information content (AvgIpc) is 3.26. The van der Waals surface area contributed by atoms with E-state index in [0.29, 0.717) is 30.3 Å². The maximum Gasteiger partial charge on any atom is 0.244 e. The van der Waals surface area contributed by atoms with Crippen molar-refractivity contribution >= 4 is 28.8 Å². The highest BCUT2D eigenvalue weighted by Gasteiger charge is 2.19. The zero-order valence-corrected chi connectivity index (χ0v) is 20.0. The number of para-hydroxylation sites is 2. The number of thiazole rings is 1. The van der Waals surface area contributed by atoms with Gasteiger partial charge < -0.3 is 19.7 Å². The summed E-state index contributed by atoms with van der Waals surface area (Å²) in [5.74, 6) is 0.945. The first-order valence-electron chi connectivity index (χ1n) is 10.8. The van der Waals surface area contributed by atoms with Crippen LogP contribution in [0.25, 0.3) is 0 Å². The number of methoxy groups -OCH3 is 1. The van der Waals surface area contributed by atoms with E-state index in [1.165, 1.54) is 16.9 Å². The Bertz CT molecular complexity index is 1070. The lowest BCUT2D eigenvalue weighted by Gasteiger charge is -2.21. The number of hydrogen-bond donors (Lipinski definition) is 1. The Kier molecular flexibility index (Phi) is 8.83. The van der Waals surface area contributed by atoms with Gasteiger partial charge in [0.2, 0.25) is 11.8 Å². The van der Waals surface area contributed by atoms with Crippen LogP contribution in [0.1, 0.15) is 29.6 Å². The Morgan fingerprint density at radius 1 is 1.12 bits per heavy atom. The molecule has 174 valence electrons. The van der Waals surface area contributed by atoms with Gasteiger partial charge in [0.05, 0.1) is 31.5 Å². The molecule has 0 radical (unpaired) electrons. The van der Waals surface area contributed by atoms with Crippen molar-refractivity contribution < 1.29 is 19.1 Å². The number of hydrogen-bond acceptors (Lipinski definition) is 6. The predicted molar refractivity (Wildman–Crippen MR) is 130 cm³/mol. The van der Waals surface area contributed by atoms with Gasteiger partial charge in [0.25, 0.3) is 0 Å². The second-order valence-electron chi connectivity index (χ2n) is 7.57. The zero-order valence-electron chi connectivity index (χ0n) is 19.2. The van der Waals surface area contributed by atoms with Crippen molar-refractivity contribution in [2.24, 2.45) is 0 Å². The van der Waals surface area contributed by atoms with Gasteiger partial charge in [0.1, 0.15) is 23.1 Å². The maximum atomic E-state index is 12.9. The summed E-state index contributed by atoms with van der Waals surface area (Å²) in [6, 6.07) is 15.0. The molecule has 2 amide bonds. The van der Waals surface area contributed by atoms with E-state index in [4.69, 9.17) is 9.47 Å². The SMILES string of the molecule is CCCN(CC(=O)Nc1ccccc1OC)C(=O)Cc1csc(COc2ccc(C)cc2)n1. The summed E-state index contributed by atoms with van der Waals surface area (Å²) in [6.45, 7) is 4.81. The minimum Gasteiger partial charge on any atom is -0.495 e. The van der Waals surface area contributed by atoms with Gasteiger partial charge >= 0.3 is 0 Å². The van der Waals surface area contributed by atoms with Crippen LogP contribution in [0.2, 0.25) is 0 Å². The Morgan fingerprint density at radius 3 is 2.61 bits per heavy atom. The highest BCUT2D eigenvalue weighted by atomic mass is 32.1. The van der Waals surface area contributed by atoms with Crippen LogP contribution in [0.15, 0.2) is 53.9 Å². The largest absolute Gasteiger partial charge is 0.495 e. The van der Waals surface area contributed by atoms with Crippen molar-refractivity contribution in [1.29, 1.82) is 0 Å². The molecule has 0 aliphatic carbocycles. The third-order valence-corrected chi connectivity index (χ3v) is 5.75. The number of aromatic nitrogens is 1. The minimum atomic E-state index is -0.272. The van der Waals surface area contributed by atoms with E-state index >= 15 is 0 Å². The van der Waals surface area contributed by atoms with E-state index in [1.54, 1.807) is 24.1 Å². The monoisotopic (exact) mass is 467 g/mol. The Hall–Kier alpha value is -3.39. The standard InChI is InChI=1S/C25H29N3O4S/c1-4-13-28(15-23(29)27-21-7-5-6-8-22(21)31-3)25(30)14-19-17-33-24(26-19)16-32-20-11-9-18(2)10-12-20/h5-12,17H,4,13-16H2,1-3H3,(H,27,29). The molecule has 1 heterocycles. The predicted octanol–water partition coefficient (Wildman–Crippen LogP) is 4.46. The molecule has 0 atom stereocenters. The smallest absolute Gasteiger partial charge is 0.244 e. The van der Waals surface area contributed by atoms with Crippen LogP contribution in [0.4, 0.5) is 5.69 Å². The molecular formula is C25H29N3O4S.